The van der Waals surface area contributed by atoms with Crippen molar-refractivity contribution in [3.63, 3.8) is 0 Å². The number of fused-ring (bicyclic) bond motifs is 1. The highest BCUT2D eigenvalue weighted by Gasteiger charge is 2.49. The first kappa shape index (κ1) is 23.7. The molecule has 0 aromatic heterocycles. The molecule has 0 aromatic rings. The smallest absolute Gasteiger partial charge is 0.235 e. The Morgan fingerprint density at radius 3 is 2.29 bits per heavy atom. The van der Waals surface area contributed by atoms with Gasteiger partial charge in [0.15, 0.2) is 0 Å². The summed E-state index contributed by atoms with van der Waals surface area (Å²) < 4.78 is 16.9. The number of nitrogens with two attached hydrogens (primary N) is 1. The molecule has 9 heteroatoms. The summed E-state index contributed by atoms with van der Waals surface area (Å²) in [4.78, 5) is 13.2. The molecule has 0 spiro atoms. The number of ether oxygens (including phenoxy) is 3. The maximum absolute atomic E-state index is 13.2. The summed E-state index contributed by atoms with van der Waals surface area (Å²) in [6.07, 6.45) is 5.86. The van der Waals surface area contributed by atoms with E-state index in [0.29, 0.717) is 12.0 Å². The van der Waals surface area contributed by atoms with Gasteiger partial charge in [0.05, 0.1) is 17.6 Å². The van der Waals surface area contributed by atoms with Crippen molar-refractivity contribution in [3.8, 4) is 0 Å². The second-order valence-electron chi connectivity index (χ2n) is 9.58. The maximum Gasteiger partial charge on any atom is 0.235 e. The van der Waals surface area contributed by atoms with Crippen molar-refractivity contribution in [3.05, 3.63) is 0 Å². The van der Waals surface area contributed by atoms with Crippen molar-refractivity contribution in [2.24, 2.45) is 17.6 Å². The average molecular weight is 457 g/mol. The molecular formula is C22H40N4O4S. The van der Waals surface area contributed by atoms with Crippen molar-refractivity contribution in [1.82, 2.24) is 16.0 Å². The summed E-state index contributed by atoms with van der Waals surface area (Å²) in [7, 11) is 5.05. The van der Waals surface area contributed by atoms with Gasteiger partial charge in [-0.2, -0.15) is 0 Å². The van der Waals surface area contributed by atoms with E-state index in [4.69, 9.17) is 19.9 Å². The van der Waals surface area contributed by atoms with Gasteiger partial charge < -0.3 is 35.9 Å². The number of nitrogens with one attached hydrogen (secondary N) is 3. The number of amides is 1. The fourth-order valence-electron chi connectivity index (χ4n) is 6.13. The van der Waals surface area contributed by atoms with Crippen molar-refractivity contribution in [1.29, 1.82) is 0 Å². The third kappa shape index (κ3) is 5.08. The van der Waals surface area contributed by atoms with Crippen LogP contribution in [0.25, 0.3) is 0 Å². The minimum absolute atomic E-state index is 0.000301. The fourth-order valence-corrected chi connectivity index (χ4v) is 7.80. The monoisotopic (exact) mass is 456 g/mol. The highest BCUT2D eigenvalue weighted by molar-refractivity contribution is 8.01. The van der Waals surface area contributed by atoms with E-state index in [0.717, 1.165) is 38.3 Å². The number of hydrogen-bond donors (Lipinski definition) is 4. The Morgan fingerprint density at radius 1 is 1.00 bits per heavy atom. The highest BCUT2D eigenvalue weighted by Crippen LogP contribution is 2.43. The predicted molar refractivity (Wildman–Crippen MR) is 122 cm³/mol. The summed E-state index contributed by atoms with van der Waals surface area (Å²) >= 11 is 1.73. The van der Waals surface area contributed by atoms with Gasteiger partial charge in [-0.25, -0.2) is 0 Å². The number of rotatable bonds is 6. The summed E-state index contributed by atoms with van der Waals surface area (Å²) in [5.74, 6) is 1.15. The normalized spacial score (nSPS) is 44.1. The molecular weight excluding hydrogens is 416 g/mol. The van der Waals surface area contributed by atoms with E-state index in [1.165, 1.54) is 19.3 Å². The number of methoxy groups -OCH3 is 3. The Hall–Kier alpha value is -0.420. The number of carbonyl (C=O) groups is 1. The molecule has 4 rings (SSSR count). The topological polar surface area (TPSA) is 107 Å². The van der Waals surface area contributed by atoms with Gasteiger partial charge in [-0.3, -0.25) is 4.79 Å². The molecule has 3 aliphatic heterocycles. The van der Waals surface area contributed by atoms with Crippen LogP contribution < -0.4 is 21.7 Å². The summed E-state index contributed by atoms with van der Waals surface area (Å²) in [5, 5.41) is 10.7. The van der Waals surface area contributed by atoms with Gasteiger partial charge in [0.1, 0.15) is 11.4 Å². The first-order chi connectivity index (χ1) is 15.0. The molecule has 0 aromatic carbocycles. The molecule has 8 nitrogen and oxygen atoms in total. The minimum Gasteiger partial charge on any atom is -0.379 e. The summed E-state index contributed by atoms with van der Waals surface area (Å²) in [5.41, 5.74) is 6.61. The predicted octanol–water partition coefficient (Wildman–Crippen LogP) is 0.447. The van der Waals surface area contributed by atoms with E-state index < -0.39 is 0 Å². The second kappa shape index (κ2) is 10.7. The third-order valence-corrected chi connectivity index (χ3v) is 9.52. The molecule has 3 heterocycles. The van der Waals surface area contributed by atoms with Crippen LogP contribution in [0.4, 0.5) is 0 Å². The molecule has 4 fully saturated rings. The van der Waals surface area contributed by atoms with Crippen LogP contribution in [0.2, 0.25) is 0 Å². The van der Waals surface area contributed by atoms with Crippen molar-refractivity contribution in [2.75, 3.05) is 34.4 Å². The van der Waals surface area contributed by atoms with Gasteiger partial charge in [0, 0.05) is 45.4 Å². The molecule has 4 aliphatic rings. The lowest BCUT2D eigenvalue weighted by Crippen LogP contribution is -2.56. The number of piperidine rings is 2. The summed E-state index contributed by atoms with van der Waals surface area (Å²) in [6, 6.07) is 0.446. The van der Waals surface area contributed by atoms with Crippen molar-refractivity contribution < 1.29 is 19.0 Å². The molecule has 1 amide bonds. The Labute approximate surface area is 190 Å². The molecule has 3 saturated heterocycles. The van der Waals surface area contributed by atoms with Gasteiger partial charge in [0.2, 0.25) is 5.91 Å². The van der Waals surface area contributed by atoms with Crippen molar-refractivity contribution >= 4 is 17.7 Å². The van der Waals surface area contributed by atoms with E-state index in [9.17, 15) is 4.79 Å². The van der Waals surface area contributed by atoms with Crippen LogP contribution >= 0.6 is 11.8 Å². The third-order valence-electron chi connectivity index (χ3n) is 7.92. The van der Waals surface area contributed by atoms with Crippen LogP contribution in [0.5, 0.6) is 0 Å². The first-order valence-electron chi connectivity index (χ1n) is 11.8. The maximum atomic E-state index is 13.2. The lowest BCUT2D eigenvalue weighted by Gasteiger charge is -2.40. The Morgan fingerprint density at radius 2 is 1.68 bits per heavy atom. The lowest BCUT2D eigenvalue weighted by atomic mass is 9.80. The van der Waals surface area contributed by atoms with Crippen LogP contribution in [0.1, 0.15) is 38.5 Å². The van der Waals surface area contributed by atoms with Gasteiger partial charge in [-0.15, -0.1) is 11.8 Å². The van der Waals surface area contributed by atoms with Crippen LogP contribution in [0, 0.1) is 11.8 Å². The molecule has 5 N–H and O–H groups in total. The standard InChI is InChI=1S/C22H40N4O4S/c1-28-16-10-13(11-17(29-2)19(16)30-3)25-21(27)20-18(23)14-4-5-15(26-22(14)31-20)12-6-8-24-9-7-12/h12-20,22,24,26H,4-11,23H2,1-3H3,(H,25,27). The minimum atomic E-state index is -0.212. The SMILES string of the molecule is COC1CC(NC(=O)C2SC3NC(C4CCNCC4)CCC3C2N)CC(OC)C1OC. The van der Waals surface area contributed by atoms with E-state index in [2.05, 4.69) is 16.0 Å². The van der Waals surface area contributed by atoms with E-state index >= 15 is 0 Å². The summed E-state index contributed by atoms with van der Waals surface area (Å²) in [6.45, 7) is 2.23. The van der Waals surface area contributed by atoms with Crippen LogP contribution in [-0.2, 0) is 19.0 Å². The number of hydrogen-bond acceptors (Lipinski definition) is 8. The molecule has 1 saturated carbocycles. The number of thioether (sulfide) groups is 1. The van der Waals surface area contributed by atoms with Gasteiger partial charge in [-0.1, -0.05) is 0 Å². The number of carbonyl (C=O) groups excluding carboxylic acids is 1. The van der Waals surface area contributed by atoms with Crippen LogP contribution in [0.15, 0.2) is 0 Å². The molecule has 7 atom stereocenters. The molecule has 178 valence electrons. The van der Waals surface area contributed by atoms with E-state index in [1.54, 1.807) is 33.1 Å². The zero-order chi connectivity index (χ0) is 22.0. The van der Waals surface area contributed by atoms with Gasteiger partial charge >= 0.3 is 0 Å². The Balaban J connectivity index is 1.34. The molecule has 1 aliphatic carbocycles. The highest BCUT2D eigenvalue weighted by atomic mass is 32.2. The zero-order valence-electron chi connectivity index (χ0n) is 19.0. The fraction of sp³-hybridized carbons (Fsp3) is 0.955. The molecule has 0 radical (unpaired) electrons. The quantitative estimate of drug-likeness (QED) is 0.456. The van der Waals surface area contributed by atoms with Gasteiger partial charge in [0.25, 0.3) is 0 Å². The zero-order valence-corrected chi connectivity index (χ0v) is 19.9. The van der Waals surface area contributed by atoms with Crippen molar-refractivity contribution in [2.45, 2.75) is 85.6 Å². The largest absolute Gasteiger partial charge is 0.379 e. The van der Waals surface area contributed by atoms with E-state index in [1.807, 2.05) is 0 Å². The first-order valence-corrected chi connectivity index (χ1v) is 12.8. The Kier molecular flexibility index (Phi) is 8.17. The van der Waals surface area contributed by atoms with Crippen LogP contribution in [-0.4, -0.2) is 87.4 Å². The Bertz CT molecular complexity index is 594. The lowest BCUT2D eigenvalue weighted by molar-refractivity contribution is -0.139. The molecule has 7 unspecified atom stereocenters. The second-order valence-corrected chi connectivity index (χ2v) is 10.9. The van der Waals surface area contributed by atoms with Gasteiger partial charge in [-0.05, 0) is 57.5 Å². The van der Waals surface area contributed by atoms with Crippen LogP contribution in [0.3, 0.4) is 0 Å². The average Bonchev–Trinajstić information content (AvgIpc) is 3.14. The molecule has 31 heavy (non-hydrogen) atoms. The van der Waals surface area contributed by atoms with E-state index in [-0.39, 0.29) is 46.9 Å². The molecule has 0 bridgehead atoms.